The summed E-state index contributed by atoms with van der Waals surface area (Å²) in [5.41, 5.74) is -0.0219. The molecule has 3 aromatic rings. The number of aliphatic hydroxyl groups excluding tert-OH is 1. The van der Waals surface area contributed by atoms with Crippen molar-refractivity contribution in [3.05, 3.63) is 82.0 Å². The number of anilines is 3. The fourth-order valence-electron chi connectivity index (χ4n) is 2.82. The van der Waals surface area contributed by atoms with Crippen molar-refractivity contribution in [1.29, 1.82) is 0 Å². The third kappa shape index (κ3) is 6.04. The van der Waals surface area contributed by atoms with E-state index in [1.54, 1.807) is 17.0 Å². The van der Waals surface area contributed by atoms with Gasteiger partial charge in [-0.15, -0.1) is 12.4 Å². The lowest BCUT2D eigenvalue weighted by molar-refractivity contribution is -0.137. The van der Waals surface area contributed by atoms with E-state index in [2.05, 4.69) is 10.3 Å². The lowest BCUT2D eigenvalue weighted by atomic mass is 10.1. The first-order chi connectivity index (χ1) is 14.7. The second-order valence-corrected chi connectivity index (χ2v) is 7.19. The van der Waals surface area contributed by atoms with Gasteiger partial charge in [-0.1, -0.05) is 23.2 Å². The first kappa shape index (κ1) is 25.7. The molecular formula is C21H17Cl3F3N3O2. The van der Waals surface area contributed by atoms with E-state index in [-0.39, 0.29) is 36.8 Å². The van der Waals surface area contributed by atoms with E-state index < -0.39 is 17.6 Å². The number of carbonyl (C=O) groups is 1. The summed E-state index contributed by atoms with van der Waals surface area (Å²) in [7, 11) is 0. The van der Waals surface area contributed by atoms with Crippen LogP contribution in [0.2, 0.25) is 10.0 Å². The topological polar surface area (TPSA) is 65.5 Å². The van der Waals surface area contributed by atoms with Gasteiger partial charge in [-0.05, 0) is 54.6 Å². The van der Waals surface area contributed by atoms with Crippen LogP contribution in [-0.4, -0.2) is 29.1 Å². The molecule has 0 spiro atoms. The van der Waals surface area contributed by atoms with E-state index in [4.69, 9.17) is 23.2 Å². The van der Waals surface area contributed by atoms with Crippen LogP contribution >= 0.6 is 35.6 Å². The molecule has 11 heteroatoms. The monoisotopic (exact) mass is 505 g/mol. The summed E-state index contributed by atoms with van der Waals surface area (Å²) in [6.07, 6.45) is -2.93. The highest BCUT2D eigenvalue weighted by Gasteiger charge is 2.30. The minimum Gasteiger partial charge on any atom is -0.395 e. The van der Waals surface area contributed by atoms with Gasteiger partial charge in [0.05, 0.1) is 27.9 Å². The fraction of sp³-hybridized carbons (Fsp3) is 0.143. The van der Waals surface area contributed by atoms with Crippen LogP contribution in [-0.2, 0) is 6.18 Å². The molecule has 0 saturated carbocycles. The molecule has 170 valence electrons. The SMILES string of the molecule is Cl.O=C(Nc1ccc(C(F)(F)F)cc1)c1ccc(Cl)c(N(CCO)c2ncccc2Cl)c1. The van der Waals surface area contributed by atoms with Crippen LogP contribution in [0, 0.1) is 0 Å². The van der Waals surface area contributed by atoms with Gasteiger partial charge in [0, 0.05) is 24.0 Å². The highest BCUT2D eigenvalue weighted by Crippen LogP contribution is 2.35. The maximum atomic E-state index is 12.7. The summed E-state index contributed by atoms with van der Waals surface area (Å²) in [6.45, 7) is -0.119. The van der Waals surface area contributed by atoms with Crippen molar-refractivity contribution in [1.82, 2.24) is 4.98 Å². The second-order valence-electron chi connectivity index (χ2n) is 6.38. The summed E-state index contributed by atoms with van der Waals surface area (Å²) >= 11 is 12.5. The van der Waals surface area contributed by atoms with Gasteiger partial charge in [-0.2, -0.15) is 13.2 Å². The molecule has 1 heterocycles. The van der Waals surface area contributed by atoms with E-state index in [1.807, 2.05) is 0 Å². The number of hydrogen-bond acceptors (Lipinski definition) is 4. The van der Waals surface area contributed by atoms with Gasteiger partial charge in [0.2, 0.25) is 0 Å². The van der Waals surface area contributed by atoms with E-state index in [0.717, 1.165) is 12.1 Å². The van der Waals surface area contributed by atoms with Gasteiger partial charge < -0.3 is 15.3 Å². The quantitative estimate of drug-likeness (QED) is 0.417. The Morgan fingerprint density at radius 2 is 1.75 bits per heavy atom. The molecule has 0 aliphatic rings. The van der Waals surface area contributed by atoms with Crippen molar-refractivity contribution in [2.75, 3.05) is 23.4 Å². The molecule has 0 aliphatic heterocycles. The van der Waals surface area contributed by atoms with Crippen LogP contribution in [0.5, 0.6) is 0 Å². The first-order valence-corrected chi connectivity index (χ1v) is 9.73. The number of aliphatic hydroxyl groups is 1. The molecule has 1 aromatic heterocycles. The van der Waals surface area contributed by atoms with Gasteiger partial charge in [-0.25, -0.2) is 4.98 Å². The Morgan fingerprint density at radius 1 is 1.06 bits per heavy atom. The van der Waals surface area contributed by atoms with Crippen molar-refractivity contribution in [2.45, 2.75) is 6.18 Å². The Hall–Kier alpha value is -2.52. The van der Waals surface area contributed by atoms with Gasteiger partial charge in [0.15, 0.2) is 5.82 Å². The Bertz CT molecular complexity index is 1080. The number of amides is 1. The molecule has 2 N–H and O–H groups in total. The summed E-state index contributed by atoms with van der Waals surface area (Å²) < 4.78 is 38.1. The van der Waals surface area contributed by atoms with Crippen LogP contribution in [0.15, 0.2) is 60.8 Å². The van der Waals surface area contributed by atoms with Crippen LogP contribution in [0.3, 0.4) is 0 Å². The standard InChI is InChI=1S/C21H16Cl2F3N3O2.ClH/c22-16-8-3-13(20(31)28-15-6-4-14(5-7-15)21(24,25)26)12-18(16)29(10-11-30)19-17(23)2-1-9-27-19;/h1-9,12,30H,10-11H2,(H,28,31);1H. The Labute approximate surface area is 198 Å². The molecule has 0 aliphatic carbocycles. The number of pyridine rings is 1. The minimum atomic E-state index is -4.46. The predicted molar refractivity (Wildman–Crippen MR) is 121 cm³/mol. The van der Waals surface area contributed by atoms with Gasteiger partial charge in [-0.3, -0.25) is 4.79 Å². The first-order valence-electron chi connectivity index (χ1n) is 8.98. The van der Waals surface area contributed by atoms with Crippen LogP contribution in [0.25, 0.3) is 0 Å². The average Bonchev–Trinajstić information content (AvgIpc) is 2.73. The maximum Gasteiger partial charge on any atom is 0.416 e. The lowest BCUT2D eigenvalue weighted by Gasteiger charge is -2.25. The average molecular weight is 507 g/mol. The smallest absolute Gasteiger partial charge is 0.395 e. The van der Waals surface area contributed by atoms with E-state index in [0.29, 0.717) is 21.6 Å². The molecule has 0 atom stereocenters. The Morgan fingerprint density at radius 3 is 2.34 bits per heavy atom. The number of halogens is 6. The van der Waals surface area contributed by atoms with E-state index in [1.165, 1.54) is 36.5 Å². The number of nitrogens with zero attached hydrogens (tertiary/aromatic N) is 2. The Kier molecular flexibility index (Phi) is 8.74. The number of carbonyl (C=O) groups excluding carboxylic acids is 1. The van der Waals surface area contributed by atoms with Crippen molar-refractivity contribution in [3.8, 4) is 0 Å². The molecule has 1 amide bonds. The Balaban J connectivity index is 0.00000363. The summed E-state index contributed by atoms with van der Waals surface area (Å²) in [6, 6.07) is 11.9. The number of nitrogens with one attached hydrogen (secondary N) is 1. The maximum absolute atomic E-state index is 12.7. The molecule has 0 bridgehead atoms. The van der Waals surface area contributed by atoms with E-state index in [9.17, 15) is 23.1 Å². The molecule has 32 heavy (non-hydrogen) atoms. The van der Waals surface area contributed by atoms with Gasteiger partial charge in [0.1, 0.15) is 0 Å². The summed E-state index contributed by atoms with van der Waals surface area (Å²) in [5, 5.41) is 12.6. The highest BCUT2D eigenvalue weighted by atomic mass is 35.5. The number of alkyl halides is 3. The molecule has 0 fully saturated rings. The summed E-state index contributed by atoms with van der Waals surface area (Å²) in [5.74, 6) is -0.200. The van der Waals surface area contributed by atoms with Crippen LogP contribution in [0.4, 0.5) is 30.4 Å². The fourth-order valence-corrected chi connectivity index (χ4v) is 3.27. The number of rotatable bonds is 6. The number of hydrogen-bond donors (Lipinski definition) is 2. The zero-order valence-electron chi connectivity index (χ0n) is 16.2. The van der Waals surface area contributed by atoms with Crippen molar-refractivity contribution >= 4 is 58.7 Å². The number of aromatic nitrogens is 1. The molecule has 0 radical (unpaired) electrons. The minimum absolute atomic E-state index is 0. The molecular weight excluding hydrogens is 490 g/mol. The third-order valence-electron chi connectivity index (χ3n) is 4.29. The highest BCUT2D eigenvalue weighted by molar-refractivity contribution is 6.35. The molecule has 0 saturated heterocycles. The second kappa shape index (κ2) is 10.9. The zero-order chi connectivity index (χ0) is 22.6. The third-order valence-corrected chi connectivity index (χ3v) is 4.90. The molecule has 2 aromatic carbocycles. The van der Waals surface area contributed by atoms with Crippen molar-refractivity contribution < 1.29 is 23.1 Å². The van der Waals surface area contributed by atoms with Gasteiger partial charge in [0.25, 0.3) is 5.91 Å². The molecule has 0 unspecified atom stereocenters. The normalized spacial score (nSPS) is 10.9. The summed E-state index contributed by atoms with van der Waals surface area (Å²) in [4.78, 5) is 18.4. The lowest BCUT2D eigenvalue weighted by Crippen LogP contribution is -2.23. The zero-order valence-corrected chi connectivity index (χ0v) is 18.6. The number of benzene rings is 2. The van der Waals surface area contributed by atoms with Crippen LogP contribution < -0.4 is 10.2 Å². The predicted octanol–water partition coefficient (Wildman–Crippen LogP) is 6.21. The van der Waals surface area contributed by atoms with Crippen LogP contribution in [0.1, 0.15) is 15.9 Å². The van der Waals surface area contributed by atoms with Gasteiger partial charge >= 0.3 is 6.18 Å². The molecule has 3 rings (SSSR count). The van der Waals surface area contributed by atoms with Crippen molar-refractivity contribution in [3.63, 3.8) is 0 Å². The molecule has 5 nitrogen and oxygen atoms in total. The van der Waals surface area contributed by atoms with Crippen molar-refractivity contribution in [2.24, 2.45) is 0 Å². The largest absolute Gasteiger partial charge is 0.416 e. The van der Waals surface area contributed by atoms with E-state index >= 15 is 0 Å².